The molecule has 0 saturated carbocycles. The lowest BCUT2D eigenvalue weighted by Gasteiger charge is -2.24. The summed E-state index contributed by atoms with van der Waals surface area (Å²) in [5.74, 6) is 1.46. The van der Waals surface area contributed by atoms with Crippen molar-refractivity contribution in [2.45, 2.75) is 20.8 Å². The number of ether oxygens (including phenoxy) is 1. The molecule has 0 saturated heterocycles. The van der Waals surface area contributed by atoms with Gasteiger partial charge in [0.25, 0.3) is 0 Å². The smallest absolute Gasteiger partial charge is 0.143 e. The summed E-state index contributed by atoms with van der Waals surface area (Å²) in [5, 5.41) is 12.5. The van der Waals surface area contributed by atoms with Crippen LogP contribution >= 0.6 is 0 Å². The van der Waals surface area contributed by atoms with Crippen LogP contribution in [-0.4, -0.2) is 18.9 Å². The summed E-state index contributed by atoms with van der Waals surface area (Å²) >= 11 is 0. The van der Waals surface area contributed by atoms with E-state index in [0.29, 0.717) is 5.76 Å². The lowest BCUT2D eigenvalue weighted by atomic mass is 9.88. The van der Waals surface area contributed by atoms with Gasteiger partial charge in [0.05, 0.1) is 0 Å². The summed E-state index contributed by atoms with van der Waals surface area (Å²) in [6, 6.07) is 61.0. The number of allylic oxidation sites excluding steroid dienone is 5. The molecule has 296 valence electrons. The Morgan fingerprint density at radius 3 is 1.53 bits per heavy atom. The van der Waals surface area contributed by atoms with Crippen molar-refractivity contribution < 1.29 is 9.84 Å². The Hall–Kier alpha value is -7.27. The van der Waals surface area contributed by atoms with Crippen molar-refractivity contribution in [3.05, 3.63) is 235 Å². The molecule has 0 bridgehead atoms. The molecule has 4 N–H and O–H groups in total. The zero-order chi connectivity index (χ0) is 42.4. The van der Waals surface area contributed by atoms with Gasteiger partial charge in [-0.1, -0.05) is 200 Å². The molecule has 0 aromatic heterocycles. The van der Waals surface area contributed by atoms with Gasteiger partial charge in [0.1, 0.15) is 11.5 Å². The monoisotopic (exact) mass is 774 g/mol. The van der Waals surface area contributed by atoms with Crippen molar-refractivity contribution in [1.29, 1.82) is 5.41 Å². The van der Waals surface area contributed by atoms with E-state index in [1.165, 1.54) is 16.7 Å². The topological polar surface area (TPSA) is 79.3 Å². The highest BCUT2D eigenvalue weighted by Gasteiger charge is 2.23. The van der Waals surface area contributed by atoms with Crippen LogP contribution in [0.15, 0.2) is 213 Å². The molecule has 59 heavy (non-hydrogen) atoms. The zero-order valence-corrected chi connectivity index (χ0v) is 34.5. The van der Waals surface area contributed by atoms with Gasteiger partial charge in [0.15, 0.2) is 0 Å². The summed E-state index contributed by atoms with van der Waals surface area (Å²) < 4.78 is 6.64. The van der Waals surface area contributed by atoms with Crippen molar-refractivity contribution in [2.75, 3.05) is 7.11 Å². The molecule has 4 nitrogen and oxygen atoms in total. The second-order valence-electron chi connectivity index (χ2n) is 13.3. The minimum Gasteiger partial charge on any atom is -0.456 e. The van der Waals surface area contributed by atoms with Crippen LogP contribution in [0.3, 0.4) is 0 Å². The van der Waals surface area contributed by atoms with Gasteiger partial charge >= 0.3 is 0 Å². The van der Waals surface area contributed by atoms with E-state index in [0.717, 1.165) is 68.5 Å². The van der Waals surface area contributed by atoms with E-state index in [2.05, 4.69) is 167 Å². The number of hydrogen-bond donors (Lipinski definition) is 3. The molecule has 7 aromatic carbocycles. The van der Waals surface area contributed by atoms with Gasteiger partial charge in [-0.3, -0.25) is 0 Å². The maximum Gasteiger partial charge on any atom is 0.143 e. The van der Waals surface area contributed by atoms with Crippen LogP contribution in [0.4, 0.5) is 0 Å². The average Bonchev–Trinajstić information content (AvgIpc) is 3.30. The van der Waals surface area contributed by atoms with Crippen LogP contribution in [0, 0.1) is 19.3 Å². The summed E-state index contributed by atoms with van der Waals surface area (Å²) in [6.45, 7) is 13.0. The standard InChI is InChI=1S/C39H31NO.2C7H8.CH3N.CH4O/c1-3-12-28(17-11-24-40)29-13-8-14-30(25-29)31-15-9-16-32(26-31)34-22-10-23-38-37-21-7-6-20-36(37)35-19-5-4-18-33(35)27(2)41-39(34)38;2*1-7-5-3-2-4-6-7;2*1-2/h3-26H,2,40H2,1H3;2*2-6H,1H3;2H,1H2;2H,1H3/b12-3+,24-11-,28-17+;;;;. The first-order valence-electron chi connectivity index (χ1n) is 19.4. The Morgan fingerprint density at radius 1 is 0.542 bits per heavy atom. The summed E-state index contributed by atoms with van der Waals surface area (Å²) in [7, 11) is 1.00. The molecular formula is C55H54N2O2. The molecule has 4 heteroatoms. The van der Waals surface area contributed by atoms with E-state index >= 15 is 0 Å². The van der Waals surface area contributed by atoms with Gasteiger partial charge in [-0.25, -0.2) is 0 Å². The van der Waals surface area contributed by atoms with E-state index in [4.69, 9.17) is 21.0 Å². The molecule has 8 rings (SSSR count). The fraction of sp³-hybridized carbons (Fsp3) is 0.0727. The molecule has 0 unspecified atom stereocenters. The van der Waals surface area contributed by atoms with Gasteiger partial charge in [-0.2, -0.15) is 0 Å². The van der Waals surface area contributed by atoms with E-state index < -0.39 is 0 Å². The first-order valence-corrected chi connectivity index (χ1v) is 19.4. The highest BCUT2D eigenvalue weighted by Crippen LogP contribution is 2.47. The van der Waals surface area contributed by atoms with Crippen LogP contribution < -0.4 is 10.5 Å². The predicted octanol–water partition coefficient (Wildman–Crippen LogP) is 14.0. The molecule has 1 aliphatic heterocycles. The number of nitrogens with one attached hydrogen (secondary N) is 1. The highest BCUT2D eigenvalue weighted by atomic mass is 16.5. The molecule has 0 amide bonds. The molecule has 7 aromatic rings. The third kappa shape index (κ3) is 12.1. The molecule has 1 aliphatic rings. The number of hydrogen-bond acceptors (Lipinski definition) is 4. The number of aryl methyl sites for hydroxylation is 2. The molecule has 0 spiro atoms. The minimum atomic E-state index is 0.641. The Bertz CT molecular complexity index is 2440. The van der Waals surface area contributed by atoms with E-state index in [9.17, 15) is 0 Å². The molecule has 0 radical (unpaired) electrons. The first-order chi connectivity index (χ1) is 29.0. The second-order valence-corrected chi connectivity index (χ2v) is 13.3. The quantitative estimate of drug-likeness (QED) is 0.120. The van der Waals surface area contributed by atoms with Crippen molar-refractivity contribution >= 4 is 18.0 Å². The Balaban J connectivity index is 0.000000355. The molecule has 0 fully saturated rings. The minimum absolute atomic E-state index is 0.641. The maximum absolute atomic E-state index is 7.00. The number of aliphatic hydroxyl groups is 1. The summed E-state index contributed by atoms with van der Waals surface area (Å²) in [5.41, 5.74) is 20.3. The third-order valence-electron chi connectivity index (χ3n) is 9.29. The van der Waals surface area contributed by atoms with Crippen LogP contribution in [0.25, 0.3) is 55.8 Å². The summed E-state index contributed by atoms with van der Waals surface area (Å²) in [4.78, 5) is 0. The zero-order valence-electron chi connectivity index (χ0n) is 34.5. The van der Waals surface area contributed by atoms with E-state index in [1.54, 1.807) is 6.20 Å². The van der Waals surface area contributed by atoms with Crippen LogP contribution in [0.1, 0.15) is 29.2 Å². The van der Waals surface area contributed by atoms with E-state index in [1.807, 2.05) is 67.6 Å². The number of para-hydroxylation sites is 1. The van der Waals surface area contributed by atoms with Crippen molar-refractivity contribution in [3.63, 3.8) is 0 Å². The van der Waals surface area contributed by atoms with Crippen LogP contribution in [0.5, 0.6) is 5.75 Å². The lowest BCUT2D eigenvalue weighted by molar-refractivity contribution is 0.399. The Kier molecular flexibility index (Phi) is 17.9. The van der Waals surface area contributed by atoms with Gasteiger partial charge in [-0.05, 0) is 96.4 Å². The van der Waals surface area contributed by atoms with E-state index in [-0.39, 0.29) is 0 Å². The number of fused-ring (bicyclic) bond motifs is 5. The van der Waals surface area contributed by atoms with Crippen LogP contribution in [-0.2, 0) is 0 Å². The van der Waals surface area contributed by atoms with Crippen molar-refractivity contribution in [1.82, 2.24) is 0 Å². The molecule has 0 aliphatic carbocycles. The summed E-state index contributed by atoms with van der Waals surface area (Å²) in [6.07, 6.45) is 9.57. The highest BCUT2D eigenvalue weighted by molar-refractivity contribution is 5.96. The third-order valence-corrected chi connectivity index (χ3v) is 9.29. The maximum atomic E-state index is 7.00. The van der Waals surface area contributed by atoms with Crippen LogP contribution in [0.2, 0.25) is 0 Å². The largest absolute Gasteiger partial charge is 0.456 e. The average molecular weight is 775 g/mol. The fourth-order valence-corrected chi connectivity index (χ4v) is 6.58. The second kappa shape index (κ2) is 23.7. The molecule has 0 atom stereocenters. The molecule has 1 heterocycles. The van der Waals surface area contributed by atoms with Crippen molar-refractivity contribution in [2.24, 2.45) is 5.73 Å². The van der Waals surface area contributed by atoms with Crippen molar-refractivity contribution in [3.8, 4) is 50.3 Å². The lowest BCUT2D eigenvalue weighted by Crippen LogP contribution is -2.03. The fourth-order valence-electron chi connectivity index (χ4n) is 6.58. The van der Waals surface area contributed by atoms with Gasteiger partial charge in [0, 0.05) is 23.8 Å². The number of aliphatic hydroxyl groups excluding tert-OH is 1. The SMILES string of the molecule is C=C1Oc2c(-c3cccc(-c4cccc(C(/C=C/C)=C/C=C\N)c4)c3)cccc2-c2ccccc2-c2ccccc21.C=N.CO.Cc1ccccc1.Cc1ccccc1. The van der Waals surface area contributed by atoms with Gasteiger partial charge in [0.2, 0.25) is 0 Å². The Labute approximate surface area is 351 Å². The Morgan fingerprint density at radius 2 is 0.983 bits per heavy atom. The normalized spacial score (nSPS) is 11.1. The number of benzene rings is 7. The number of nitrogens with two attached hydrogens (primary N) is 1. The predicted molar refractivity (Wildman–Crippen MR) is 254 cm³/mol. The van der Waals surface area contributed by atoms with Gasteiger partial charge in [-0.15, -0.1) is 0 Å². The van der Waals surface area contributed by atoms with Gasteiger partial charge < -0.3 is 21.0 Å². The number of rotatable bonds is 5. The first kappa shape index (κ1) is 44.4. The molecular weight excluding hydrogens is 721 g/mol.